The molecule has 1 aliphatic rings. The first-order valence-electron chi connectivity index (χ1n) is 9.23. The molecule has 0 radical (unpaired) electrons. The van der Waals surface area contributed by atoms with Crippen LogP contribution in [-0.4, -0.2) is 48.7 Å². The largest absolute Gasteiger partial charge is 0.379 e. The van der Waals surface area contributed by atoms with Crippen LogP contribution in [-0.2, 0) is 20.5 Å². The lowest BCUT2D eigenvalue weighted by atomic mass is 10.2. The average molecular weight is 431 g/mol. The molecule has 0 bridgehead atoms. The first kappa shape index (κ1) is 20.0. The summed E-state index contributed by atoms with van der Waals surface area (Å²) in [5.41, 5.74) is 2.70. The molecule has 0 unspecified atom stereocenters. The number of benzene rings is 2. The molecule has 0 atom stereocenters. The molecule has 9 heteroatoms. The molecule has 2 heterocycles. The van der Waals surface area contributed by atoms with Gasteiger partial charge in [-0.2, -0.15) is 4.31 Å². The van der Waals surface area contributed by atoms with Gasteiger partial charge in [0.05, 0.1) is 30.0 Å². The smallest absolute Gasteiger partial charge is 0.243 e. The van der Waals surface area contributed by atoms with Crippen molar-refractivity contribution in [3.05, 3.63) is 66.4 Å². The molecule has 2 aromatic carbocycles. The number of nitrogens with two attached hydrogens (primary N) is 1. The number of rotatable bonds is 6. The summed E-state index contributed by atoms with van der Waals surface area (Å²) < 4.78 is 33.9. The Morgan fingerprint density at radius 3 is 2.59 bits per heavy atom. The number of aromatic nitrogens is 2. The summed E-state index contributed by atoms with van der Waals surface area (Å²) in [7, 11) is -3.51. The lowest BCUT2D eigenvalue weighted by Crippen LogP contribution is -2.40. The summed E-state index contributed by atoms with van der Waals surface area (Å²) in [6, 6.07) is 16.9. The Hall–Kier alpha value is -2.33. The van der Waals surface area contributed by atoms with Gasteiger partial charge < -0.3 is 10.6 Å². The molecule has 1 aliphatic heterocycles. The lowest BCUT2D eigenvalue weighted by molar-refractivity contribution is 0.0730. The van der Waals surface area contributed by atoms with Crippen molar-refractivity contribution in [1.82, 2.24) is 14.0 Å². The maximum absolute atomic E-state index is 12.9. The minimum Gasteiger partial charge on any atom is -0.379 e. The number of hydrogen-bond acceptors (Lipinski definition) is 6. The first-order chi connectivity index (χ1) is 14.0. The number of ether oxygens (including phenoxy) is 1. The maximum atomic E-state index is 12.9. The molecule has 1 aromatic heterocycles. The van der Waals surface area contributed by atoms with Crippen LogP contribution < -0.4 is 5.84 Å². The van der Waals surface area contributed by atoms with Gasteiger partial charge in [0.15, 0.2) is 5.16 Å². The summed E-state index contributed by atoms with van der Waals surface area (Å²) in [6.07, 6.45) is 1.79. The van der Waals surface area contributed by atoms with Crippen molar-refractivity contribution < 1.29 is 13.2 Å². The Kier molecular flexibility index (Phi) is 5.91. The Morgan fingerprint density at radius 1 is 1.07 bits per heavy atom. The third kappa shape index (κ3) is 4.48. The van der Waals surface area contributed by atoms with Gasteiger partial charge in [-0.25, -0.2) is 18.1 Å². The van der Waals surface area contributed by atoms with Gasteiger partial charge in [0, 0.05) is 24.4 Å². The van der Waals surface area contributed by atoms with Crippen molar-refractivity contribution in [2.24, 2.45) is 0 Å². The van der Waals surface area contributed by atoms with Gasteiger partial charge in [0.1, 0.15) is 0 Å². The van der Waals surface area contributed by atoms with E-state index < -0.39 is 10.0 Å². The molecule has 0 amide bonds. The van der Waals surface area contributed by atoms with E-state index in [0.29, 0.717) is 42.1 Å². The number of thioether (sulfide) groups is 1. The highest BCUT2D eigenvalue weighted by molar-refractivity contribution is 7.98. The highest BCUT2D eigenvalue weighted by Gasteiger charge is 2.26. The number of nitrogens with zero attached hydrogens (tertiary/aromatic N) is 3. The second kappa shape index (κ2) is 8.58. The summed E-state index contributed by atoms with van der Waals surface area (Å²) in [5.74, 6) is 6.62. The Morgan fingerprint density at radius 2 is 1.83 bits per heavy atom. The number of morpholine rings is 1. The molecule has 4 rings (SSSR count). The second-order valence-corrected chi connectivity index (χ2v) is 9.51. The quantitative estimate of drug-likeness (QED) is 0.478. The SMILES string of the molecule is Nn1cc(-c2ccccc2)nc1SCc1cccc(S(=O)(=O)N2CCOCC2)c1. The zero-order valence-corrected chi connectivity index (χ0v) is 17.4. The fraction of sp³-hybridized carbons (Fsp3) is 0.250. The van der Waals surface area contributed by atoms with Gasteiger partial charge >= 0.3 is 0 Å². The van der Waals surface area contributed by atoms with Crippen LogP contribution in [0.4, 0.5) is 0 Å². The van der Waals surface area contributed by atoms with E-state index in [1.807, 2.05) is 36.4 Å². The summed E-state index contributed by atoms with van der Waals surface area (Å²) in [5, 5.41) is 0.672. The predicted molar refractivity (Wildman–Crippen MR) is 113 cm³/mol. The van der Waals surface area contributed by atoms with E-state index >= 15 is 0 Å². The maximum Gasteiger partial charge on any atom is 0.243 e. The molecule has 2 N–H and O–H groups in total. The van der Waals surface area contributed by atoms with Crippen LogP contribution in [0.1, 0.15) is 5.56 Å². The normalized spacial score (nSPS) is 15.4. The van der Waals surface area contributed by atoms with Crippen LogP contribution >= 0.6 is 11.8 Å². The van der Waals surface area contributed by atoms with E-state index in [4.69, 9.17) is 10.6 Å². The van der Waals surface area contributed by atoms with Crippen molar-refractivity contribution in [2.45, 2.75) is 15.8 Å². The molecular weight excluding hydrogens is 408 g/mol. The number of sulfonamides is 1. The van der Waals surface area contributed by atoms with Crippen LogP contribution in [0.25, 0.3) is 11.3 Å². The van der Waals surface area contributed by atoms with Crippen molar-refractivity contribution in [3.8, 4) is 11.3 Å². The van der Waals surface area contributed by atoms with Gasteiger partial charge in [-0.05, 0) is 17.7 Å². The molecule has 152 valence electrons. The third-order valence-electron chi connectivity index (χ3n) is 4.64. The minimum atomic E-state index is -3.51. The van der Waals surface area contributed by atoms with Crippen LogP contribution in [0.5, 0.6) is 0 Å². The molecule has 7 nitrogen and oxygen atoms in total. The van der Waals surface area contributed by atoms with Crippen molar-refractivity contribution in [3.63, 3.8) is 0 Å². The molecule has 0 spiro atoms. The van der Waals surface area contributed by atoms with Gasteiger partial charge in [0.25, 0.3) is 0 Å². The van der Waals surface area contributed by atoms with E-state index in [0.717, 1.165) is 16.8 Å². The lowest BCUT2D eigenvalue weighted by Gasteiger charge is -2.26. The minimum absolute atomic E-state index is 0.304. The van der Waals surface area contributed by atoms with Crippen LogP contribution in [0.15, 0.2) is 70.8 Å². The van der Waals surface area contributed by atoms with Crippen molar-refractivity contribution in [2.75, 3.05) is 32.1 Å². The van der Waals surface area contributed by atoms with Gasteiger partial charge in [-0.3, -0.25) is 0 Å². The van der Waals surface area contributed by atoms with Crippen molar-refractivity contribution in [1.29, 1.82) is 0 Å². The monoisotopic (exact) mass is 430 g/mol. The summed E-state index contributed by atoms with van der Waals surface area (Å²) in [6.45, 7) is 1.62. The highest BCUT2D eigenvalue weighted by atomic mass is 32.2. The zero-order valence-electron chi connectivity index (χ0n) is 15.8. The number of nitrogen functional groups attached to an aromatic ring is 1. The topological polar surface area (TPSA) is 90.5 Å². The fourth-order valence-electron chi connectivity index (χ4n) is 3.11. The molecule has 1 fully saturated rings. The first-order valence-corrected chi connectivity index (χ1v) is 11.7. The van der Waals surface area contributed by atoms with E-state index in [-0.39, 0.29) is 0 Å². The van der Waals surface area contributed by atoms with Gasteiger partial charge in [-0.1, -0.05) is 54.2 Å². The summed E-state index contributed by atoms with van der Waals surface area (Å²) in [4.78, 5) is 4.90. The average Bonchev–Trinajstić information content (AvgIpc) is 3.14. The molecule has 3 aromatic rings. The van der Waals surface area contributed by atoms with E-state index in [1.165, 1.54) is 20.7 Å². The Labute approximate surface area is 174 Å². The number of imidazole rings is 1. The molecule has 1 saturated heterocycles. The number of hydrogen-bond donors (Lipinski definition) is 1. The van der Waals surface area contributed by atoms with E-state index in [1.54, 1.807) is 24.4 Å². The van der Waals surface area contributed by atoms with E-state index in [9.17, 15) is 8.42 Å². The van der Waals surface area contributed by atoms with Crippen molar-refractivity contribution >= 4 is 21.8 Å². The standard InChI is InChI=1S/C20H22N4O3S2/c21-24-14-19(17-6-2-1-3-7-17)22-20(24)28-15-16-5-4-8-18(13-16)29(25,26)23-9-11-27-12-10-23/h1-8,13-14H,9-12,15,21H2. The van der Waals surface area contributed by atoms with Crippen LogP contribution in [0.2, 0.25) is 0 Å². The van der Waals surface area contributed by atoms with Crippen LogP contribution in [0, 0.1) is 0 Å². The molecule has 29 heavy (non-hydrogen) atoms. The molecular formula is C20H22N4O3S2. The fourth-order valence-corrected chi connectivity index (χ4v) is 5.43. The zero-order chi connectivity index (χ0) is 20.3. The van der Waals surface area contributed by atoms with E-state index in [2.05, 4.69) is 4.98 Å². The third-order valence-corrected chi connectivity index (χ3v) is 7.57. The highest BCUT2D eigenvalue weighted by Crippen LogP contribution is 2.26. The molecule has 0 saturated carbocycles. The Bertz CT molecular complexity index is 1080. The Balaban J connectivity index is 1.48. The van der Waals surface area contributed by atoms with Gasteiger partial charge in [0.2, 0.25) is 10.0 Å². The second-order valence-electron chi connectivity index (χ2n) is 6.63. The van der Waals surface area contributed by atoms with Gasteiger partial charge in [-0.15, -0.1) is 0 Å². The molecule has 0 aliphatic carbocycles. The van der Waals surface area contributed by atoms with Crippen LogP contribution in [0.3, 0.4) is 0 Å². The summed E-state index contributed by atoms with van der Waals surface area (Å²) >= 11 is 1.47. The predicted octanol–water partition coefficient (Wildman–Crippen LogP) is 2.58.